The normalized spacial score (nSPS) is 18.8. The molecule has 1 atom stereocenters. The largest absolute Gasteiger partial charge is 0.477 e. The summed E-state index contributed by atoms with van der Waals surface area (Å²) in [5.41, 5.74) is 0.228. The lowest BCUT2D eigenvalue weighted by molar-refractivity contribution is -0.134. The third kappa shape index (κ3) is 2.68. The third-order valence-electron chi connectivity index (χ3n) is 3.14. The second kappa shape index (κ2) is 5.27. The molecule has 0 spiro atoms. The Kier molecular flexibility index (Phi) is 3.70. The van der Waals surface area contributed by atoms with Crippen molar-refractivity contribution in [3.8, 4) is 11.8 Å². The van der Waals surface area contributed by atoms with Crippen molar-refractivity contribution in [1.82, 2.24) is 4.90 Å². The predicted molar refractivity (Wildman–Crippen MR) is 67.0 cm³/mol. The maximum atomic E-state index is 13.7. The minimum atomic E-state index is -0.634. The molecule has 1 aliphatic heterocycles. The molecule has 0 aliphatic carbocycles. The summed E-state index contributed by atoms with van der Waals surface area (Å²) in [6.45, 7) is 4.49. The van der Waals surface area contributed by atoms with Gasteiger partial charge in [-0.05, 0) is 32.0 Å². The molecule has 1 heterocycles. The number of ether oxygens (including phenoxy) is 1. The Balaban J connectivity index is 2.11. The van der Waals surface area contributed by atoms with Crippen LogP contribution in [0.25, 0.3) is 0 Å². The molecule has 5 heteroatoms. The summed E-state index contributed by atoms with van der Waals surface area (Å²) in [4.78, 5) is 13.7. The molecular weight excluding hydrogens is 247 g/mol. The van der Waals surface area contributed by atoms with E-state index in [0.717, 1.165) is 6.07 Å². The predicted octanol–water partition coefficient (Wildman–Crippen LogP) is 2.09. The fourth-order valence-electron chi connectivity index (χ4n) is 2.12. The molecule has 0 aromatic heterocycles. The van der Waals surface area contributed by atoms with Gasteiger partial charge in [-0.3, -0.25) is 4.79 Å². The average Bonchev–Trinajstić information content (AvgIpc) is 2.73. The fourth-order valence-corrected chi connectivity index (χ4v) is 2.12. The number of hydrogen-bond acceptors (Lipinski definition) is 3. The van der Waals surface area contributed by atoms with Gasteiger partial charge in [0.1, 0.15) is 0 Å². The lowest BCUT2D eigenvalue weighted by Gasteiger charge is -2.21. The minimum absolute atomic E-state index is 0.0166. The average molecular weight is 262 g/mol. The van der Waals surface area contributed by atoms with Crippen LogP contribution in [0, 0.1) is 17.1 Å². The van der Waals surface area contributed by atoms with Gasteiger partial charge in [0.25, 0.3) is 5.91 Å². The highest BCUT2D eigenvalue weighted by molar-refractivity contribution is 5.83. The highest BCUT2D eigenvalue weighted by atomic mass is 19.1. The quantitative estimate of drug-likeness (QED) is 0.838. The number of halogens is 1. The van der Waals surface area contributed by atoms with Crippen LogP contribution in [0.3, 0.4) is 0 Å². The number of carbonyl (C=O) groups is 1. The lowest BCUT2D eigenvalue weighted by atomic mass is 10.2. The number of nitriles is 1. The van der Waals surface area contributed by atoms with E-state index < -0.39 is 11.9 Å². The van der Waals surface area contributed by atoms with Crippen LogP contribution in [0.2, 0.25) is 0 Å². The van der Waals surface area contributed by atoms with E-state index in [-0.39, 0.29) is 23.3 Å². The van der Waals surface area contributed by atoms with E-state index in [0.29, 0.717) is 13.0 Å². The first kappa shape index (κ1) is 13.3. The van der Waals surface area contributed by atoms with Gasteiger partial charge in [0.05, 0.1) is 11.6 Å². The van der Waals surface area contributed by atoms with Crippen LogP contribution in [-0.4, -0.2) is 29.5 Å². The monoisotopic (exact) mass is 262 g/mol. The summed E-state index contributed by atoms with van der Waals surface area (Å²) in [5.74, 6) is -0.712. The molecule has 1 amide bonds. The highest BCUT2D eigenvalue weighted by Crippen LogP contribution is 2.24. The fraction of sp³-hybridized carbons (Fsp3) is 0.429. The van der Waals surface area contributed by atoms with Gasteiger partial charge in [-0.2, -0.15) is 5.26 Å². The first-order chi connectivity index (χ1) is 9.02. The standard InChI is InChI=1S/C14H15FN2O2/c1-9(2)17-6-5-13(14(17)18)19-12-4-3-10(8-16)7-11(12)15/h3-4,7,9,13H,5-6H2,1-2H3/t13-/m0/s1. The number of likely N-dealkylation sites (tertiary alicyclic amines) is 1. The Hall–Kier alpha value is -2.09. The number of carbonyl (C=O) groups excluding carboxylic acids is 1. The number of nitrogens with zero attached hydrogens (tertiary/aromatic N) is 2. The van der Waals surface area contributed by atoms with Crippen molar-refractivity contribution in [1.29, 1.82) is 5.26 Å². The van der Waals surface area contributed by atoms with Crippen molar-refractivity contribution >= 4 is 5.91 Å². The minimum Gasteiger partial charge on any atom is -0.477 e. The summed E-state index contributed by atoms with van der Waals surface area (Å²) < 4.78 is 19.1. The van der Waals surface area contributed by atoms with Crippen LogP contribution < -0.4 is 4.74 Å². The first-order valence-electron chi connectivity index (χ1n) is 6.19. The van der Waals surface area contributed by atoms with Gasteiger partial charge in [-0.15, -0.1) is 0 Å². The highest BCUT2D eigenvalue weighted by Gasteiger charge is 2.35. The Bertz CT molecular complexity index is 537. The lowest BCUT2D eigenvalue weighted by Crippen LogP contribution is -2.36. The molecule has 100 valence electrons. The topological polar surface area (TPSA) is 53.3 Å². The number of amides is 1. The van der Waals surface area contributed by atoms with Crippen LogP contribution >= 0.6 is 0 Å². The van der Waals surface area contributed by atoms with Gasteiger partial charge < -0.3 is 9.64 Å². The van der Waals surface area contributed by atoms with Gasteiger partial charge >= 0.3 is 0 Å². The van der Waals surface area contributed by atoms with Crippen LogP contribution in [0.1, 0.15) is 25.8 Å². The summed E-state index contributed by atoms with van der Waals surface area (Å²) in [7, 11) is 0. The van der Waals surface area contributed by atoms with Crippen LogP contribution in [0.4, 0.5) is 4.39 Å². The molecule has 2 rings (SSSR count). The smallest absolute Gasteiger partial charge is 0.263 e. The summed E-state index contributed by atoms with van der Waals surface area (Å²) in [6.07, 6.45) is -0.0824. The van der Waals surface area contributed by atoms with Crippen molar-refractivity contribution in [2.75, 3.05) is 6.54 Å². The number of benzene rings is 1. The third-order valence-corrected chi connectivity index (χ3v) is 3.14. The van der Waals surface area contributed by atoms with Gasteiger partial charge in [0.15, 0.2) is 17.7 Å². The van der Waals surface area contributed by atoms with Crippen molar-refractivity contribution in [2.24, 2.45) is 0 Å². The molecule has 0 unspecified atom stereocenters. The Morgan fingerprint density at radius 2 is 2.26 bits per heavy atom. The van der Waals surface area contributed by atoms with Crippen molar-refractivity contribution in [2.45, 2.75) is 32.4 Å². The van der Waals surface area contributed by atoms with Crippen molar-refractivity contribution in [3.05, 3.63) is 29.6 Å². The molecule has 1 aliphatic rings. The maximum absolute atomic E-state index is 13.7. The van der Waals surface area contributed by atoms with Gasteiger partial charge in [0, 0.05) is 19.0 Å². The molecule has 1 saturated heterocycles. The first-order valence-corrected chi connectivity index (χ1v) is 6.19. The molecular formula is C14H15FN2O2. The molecule has 0 saturated carbocycles. The summed E-state index contributed by atoms with van der Waals surface area (Å²) in [5, 5.41) is 8.66. The molecule has 4 nitrogen and oxygen atoms in total. The molecule has 0 bridgehead atoms. The van der Waals surface area contributed by atoms with Crippen molar-refractivity contribution in [3.63, 3.8) is 0 Å². The number of hydrogen-bond donors (Lipinski definition) is 0. The maximum Gasteiger partial charge on any atom is 0.263 e. The zero-order chi connectivity index (χ0) is 14.0. The van der Waals surface area contributed by atoms with E-state index in [1.54, 1.807) is 4.90 Å². The molecule has 1 fully saturated rings. The summed E-state index contributed by atoms with van der Waals surface area (Å²) in [6, 6.07) is 5.93. The molecule has 0 radical (unpaired) electrons. The number of rotatable bonds is 3. The zero-order valence-electron chi connectivity index (χ0n) is 10.9. The second-order valence-corrected chi connectivity index (χ2v) is 4.78. The van der Waals surface area contributed by atoms with Gasteiger partial charge in [-0.1, -0.05) is 0 Å². The van der Waals surface area contributed by atoms with E-state index in [1.165, 1.54) is 12.1 Å². The van der Waals surface area contributed by atoms with Crippen molar-refractivity contribution < 1.29 is 13.9 Å². The van der Waals surface area contributed by atoms with Gasteiger partial charge in [-0.25, -0.2) is 4.39 Å². The Labute approximate surface area is 111 Å². The molecule has 1 aromatic rings. The van der Waals surface area contributed by atoms with Crippen LogP contribution in [0.15, 0.2) is 18.2 Å². The van der Waals surface area contributed by atoms with Crippen LogP contribution in [-0.2, 0) is 4.79 Å². The molecule has 1 aromatic carbocycles. The van der Waals surface area contributed by atoms with E-state index in [2.05, 4.69) is 0 Å². The SMILES string of the molecule is CC(C)N1CC[C@H](Oc2ccc(C#N)cc2F)C1=O. The van der Waals surface area contributed by atoms with E-state index in [1.807, 2.05) is 19.9 Å². The Morgan fingerprint density at radius 3 is 2.79 bits per heavy atom. The molecule has 0 N–H and O–H groups in total. The second-order valence-electron chi connectivity index (χ2n) is 4.78. The molecule has 19 heavy (non-hydrogen) atoms. The van der Waals surface area contributed by atoms with Crippen LogP contribution in [0.5, 0.6) is 5.75 Å². The van der Waals surface area contributed by atoms with E-state index >= 15 is 0 Å². The Morgan fingerprint density at radius 1 is 1.53 bits per heavy atom. The van der Waals surface area contributed by atoms with E-state index in [9.17, 15) is 9.18 Å². The summed E-state index contributed by atoms with van der Waals surface area (Å²) >= 11 is 0. The van der Waals surface area contributed by atoms with E-state index in [4.69, 9.17) is 10.00 Å². The van der Waals surface area contributed by atoms with Gasteiger partial charge in [0.2, 0.25) is 0 Å². The zero-order valence-corrected chi connectivity index (χ0v) is 10.9.